The standard InChI is InChI=1S/C28H25NO5/c1-17(2)20-10-12-21(13-11-20)26-29-23(28(31)34-26)15-19-9-14-24(25(16-19)32-4)33-27(30)22-8-6-5-7-18(22)3/h5-17H,1-4H3/b23-15-. The predicted octanol–water partition coefficient (Wildman–Crippen LogP) is 5.69. The molecule has 0 unspecified atom stereocenters. The van der Waals surface area contributed by atoms with E-state index in [1.165, 1.54) is 12.7 Å². The van der Waals surface area contributed by atoms with Crippen molar-refractivity contribution in [3.63, 3.8) is 0 Å². The van der Waals surface area contributed by atoms with Gasteiger partial charge in [-0.1, -0.05) is 50.2 Å². The second-order valence-electron chi connectivity index (χ2n) is 8.23. The number of cyclic esters (lactones) is 1. The van der Waals surface area contributed by atoms with E-state index in [2.05, 4.69) is 18.8 Å². The third-order valence-electron chi connectivity index (χ3n) is 5.50. The second-order valence-corrected chi connectivity index (χ2v) is 8.23. The van der Waals surface area contributed by atoms with Crippen LogP contribution in [-0.4, -0.2) is 24.9 Å². The van der Waals surface area contributed by atoms with Gasteiger partial charge in [0.15, 0.2) is 17.2 Å². The molecule has 0 saturated heterocycles. The van der Waals surface area contributed by atoms with E-state index >= 15 is 0 Å². The first kappa shape index (κ1) is 23.0. The Labute approximate surface area is 198 Å². The third kappa shape index (κ3) is 4.91. The van der Waals surface area contributed by atoms with Crippen molar-refractivity contribution in [2.75, 3.05) is 7.11 Å². The smallest absolute Gasteiger partial charge is 0.363 e. The number of esters is 2. The van der Waals surface area contributed by atoms with Crippen molar-refractivity contribution >= 4 is 23.9 Å². The summed E-state index contributed by atoms with van der Waals surface area (Å²) in [5.74, 6) is 0.308. The van der Waals surface area contributed by atoms with E-state index in [1.807, 2.05) is 43.3 Å². The second kappa shape index (κ2) is 9.75. The van der Waals surface area contributed by atoms with Crippen LogP contribution in [0, 0.1) is 6.92 Å². The number of nitrogens with zero attached hydrogens (tertiary/aromatic N) is 1. The topological polar surface area (TPSA) is 74.2 Å². The summed E-state index contributed by atoms with van der Waals surface area (Å²) in [4.78, 5) is 29.3. The summed E-state index contributed by atoms with van der Waals surface area (Å²) in [5.41, 5.74) is 4.05. The summed E-state index contributed by atoms with van der Waals surface area (Å²) >= 11 is 0. The molecule has 1 aliphatic rings. The molecule has 1 aliphatic heterocycles. The highest BCUT2D eigenvalue weighted by Crippen LogP contribution is 2.31. The Hall–Kier alpha value is -4.19. The first-order valence-electron chi connectivity index (χ1n) is 10.9. The molecule has 34 heavy (non-hydrogen) atoms. The number of aliphatic imine (C=N–C) groups is 1. The van der Waals surface area contributed by atoms with Crippen LogP contribution in [0.15, 0.2) is 77.4 Å². The fourth-order valence-corrected chi connectivity index (χ4v) is 3.52. The van der Waals surface area contributed by atoms with Gasteiger partial charge in [0, 0.05) is 5.56 Å². The summed E-state index contributed by atoms with van der Waals surface area (Å²) < 4.78 is 16.3. The minimum atomic E-state index is -0.531. The summed E-state index contributed by atoms with van der Waals surface area (Å²) in [7, 11) is 1.48. The molecular formula is C28H25NO5. The van der Waals surface area contributed by atoms with Gasteiger partial charge in [-0.2, -0.15) is 0 Å². The first-order chi connectivity index (χ1) is 16.4. The Morgan fingerprint density at radius 1 is 1.00 bits per heavy atom. The van der Waals surface area contributed by atoms with Crippen LogP contribution in [-0.2, 0) is 9.53 Å². The molecule has 4 rings (SSSR count). The molecule has 6 heteroatoms. The zero-order valence-corrected chi connectivity index (χ0v) is 19.5. The molecule has 0 fully saturated rings. The maximum atomic E-state index is 12.6. The molecule has 0 spiro atoms. The van der Waals surface area contributed by atoms with Crippen LogP contribution in [0.4, 0.5) is 0 Å². The van der Waals surface area contributed by atoms with E-state index in [4.69, 9.17) is 14.2 Å². The molecule has 6 nitrogen and oxygen atoms in total. The molecule has 3 aromatic carbocycles. The average molecular weight is 456 g/mol. The van der Waals surface area contributed by atoms with Gasteiger partial charge in [0.2, 0.25) is 5.90 Å². The molecule has 172 valence electrons. The number of hydrogen-bond donors (Lipinski definition) is 0. The SMILES string of the molecule is COc1cc(/C=C2\N=C(c3ccc(C(C)C)cc3)OC2=O)ccc1OC(=O)c1ccccc1C. The molecule has 0 aliphatic carbocycles. The Kier molecular flexibility index (Phi) is 6.59. The Balaban J connectivity index is 1.56. The van der Waals surface area contributed by atoms with E-state index in [9.17, 15) is 9.59 Å². The number of hydrogen-bond acceptors (Lipinski definition) is 6. The lowest BCUT2D eigenvalue weighted by molar-refractivity contribution is -0.129. The van der Waals surface area contributed by atoms with Crippen molar-refractivity contribution in [1.82, 2.24) is 0 Å². The number of rotatable bonds is 6. The number of ether oxygens (including phenoxy) is 3. The molecular weight excluding hydrogens is 430 g/mol. The van der Waals surface area contributed by atoms with Gasteiger partial charge >= 0.3 is 11.9 Å². The molecule has 0 N–H and O–H groups in total. The van der Waals surface area contributed by atoms with E-state index in [0.717, 1.165) is 11.1 Å². The minimum absolute atomic E-state index is 0.176. The van der Waals surface area contributed by atoms with Crippen LogP contribution in [0.1, 0.15) is 52.4 Å². The zero-order valence-electron chi connectivity index (χ0n) is 19.5. The minimum Gasteiger partial charge on any atom is -0.493 e. The van der Waals surface area contributed by atoms with Crippen LogP contribution < -0.4 is 9.47 Å². The van der Waals surface area contributed by atoms with Gasteiger partial charge in [0.1, 0.15) is 0 Å². The Bertz CT molecular complexity index is 1300. The third-order valence-corrected chi connectivity index (χ3v) is 5.50. The normalized spacial score (nSPS) is 14.2. The van der Waals surface area contributed by atoms with E-state index in [0.29, 0.717) is 22.8 Å². The van der Waals surface area contributed by atoms with Gasteiger partial charge in [-0.25, -0.2) is 14.6 Å². The Morgan fingerprint density at radius 3 is 2.41 bits per heavy atom. The molecule has 0 saturated carbocycles. The zero-order chi connectivity index (χ0) is 24.2. The van der Waals surface area contributed by atoms with Gasteiger partial charge in [-0.3, -0.25) is 0 Å². The lowest BCUT2D eigenvalue weighted by atomic mass is 10.0. The average Bonchev–Trinajstić information content (AvgIpc) is 3.20. The number of benzene rings is 3. The van der Waals surface area contributed by atoms with E-state index in [1.54, 1.807) is 36.4 Å². The molecule has 0 atom stereocenters. The van der Waals surface area contributed by atoms with Crippen LogP contribution in [0.3, 0.4) is 0 Å². The summed E-state index contributed by atoms with van der Waals surface area (Å²) in [6, 6.07) is 20.0. The van der Waals surface area contributed by atoms with Gasteiger partial charge in [-0.15, -0.1) is 0 Å². The monoisotopic (exact) mass is 455 g/mol. The molecule has 0 aromatic heterocycles. The Morgan fingerprint density at radius 2 is 1.74 bits per heavy atom. The summed E-state index contributed by atoms with van der Waals surface area (Å²) in [6.07, 6.45) is 1.60. The van der Waals surface area contributed by atoms with Crippen LogP contribution in [0.5, 0.6) is 11.5 Å². The largest absolute Gasteiger partial charge is 0.493 e. The van der Waals surface area contributed by atoms with E-state index < -0.39 is 11.9 Å². The lowest BCUT2D eigenvalue weighted by Gasteiger charge is -2.11. The fraction of sp³-hybridized carbons (Fsp3) is 0.179. The fourth-order valence-electron chi connectivity index (χ4n) is 3.52. The first-order valence-corrected chi connectivity index (χ1v) is 10.9. The van der Waals surface area contributed by atoms with Crippen molar-refractivity contribution in [2.45, 2.75) is 26.7 Å². The lowest BCUT2D eigenvalue weighted by Crippen LogP contribution is -2.10. The van der Waals surface area contributed by atoms with E-state index in [-0.39, 0.29) is 17.3 Å². The maximum Gasteiger partial charge on any atom is 0.363 e. The number of carbonyl (C=O) groups excluding carboxylic acids is 2. The van der Waals surface area contributed by atoms with Gasteiger partial charge in [0.05, 0.1) is 12.7 Å². The summed E-state index contributed by atoms with van der Waals surface area (Å²) in [5, 5.41) is 0. The van der Waals surface area contributed by atoms with Crippen molar-refractivity contribution in [3.05, 3.63) is 100 Å². The van der Waals surface area contributed by atoms with Crippen molar-refractivity contribution < 1.29 is 23.8 Å². The van der Waals surface area contributed by atoms with Crippen molar-refractivity contribution in [1.29, 1.82) is 0 Å². The van der Waals surface area contributed by atoms with Crippen LogP contribution in [0.2, 0.25) is 0 Å². The highest BCUT2D eigenvalue weighted by Gasteiger charge is 2.24. The molecule has 0 radical (unpaired) electrons. The molecule has 0 bridgehead atoms. The van der Waals surface area contributed by atoms with Crippen molar-refractivity contribution in [3.8, 4) is 11.5 Å². The quantitative estimate of drug-likeness (QED) is 0.271. The van der Waals surface area contributed by atoms with Crippen molar-refractivity contribution in [2.24, 2.45) is 4.99 Å². The number of carbonyl (C=O) groups is 2. The van der Waals surface area contributed by atoms with Gasteiger partial charge in [0.25, 0.3) is 0 Å². The number of aryl methyl sites for hydroxylation is 1. The van der Waals surface area contributed by atoms with Crippen LogP contribution >= 0.6 is 0 Å². The predicted molar refractivity (Wildman–Crippen MR) is 130 cm³/mol. The summed E-state index contributed by atoms with van der Waals surface area (Å²) in [6.45, 7) is 6.08. The molecule has 1 heterocycles. The van der Waals surface area contributed by atoms with Crippen LogP contribution in [0.25, 0.3) is 6.08 Å². The molecule has 0 amide bonds. The number of methoxy groups -OCH3 is 1. The molecule has 3 aromatic rings. The highest BCUT2D eigenvalue weighted by molar-refractivity contribution is 6.12. The maximum absolute atomic E-state index is 12.6. The highest BCUT2D eigenvalue weighted by atomic mass is 16.6. The van der Waals surface area contributed by atoms with Gasteiger partial charge < -0.3 is 14.2 Å². The van der Waals surface area contributed by atoms with Gasteiger partial charge in [-0.05, 0) is 65.9 Å².